The minimum Gasteiger partial charge on any atom is -0.481 e. The van der Waals surface area contributed by atoms with Crippen molar-refractivity contribution in [2.75, 3.05) is 12.1 Å². The highest BCUT2D eigenvalue weighted by molar-refractivity contribution is 5.95. The molecule has 2 aliphatic rings. The number of fused-ring (bicyclic) bond motifs is 1. The van der Waals surface area contributed by atoms with Crippen LogP contribution in [0.3, 0.4) is 0 Å². The summed E-state index contributed by atoms with van der Waals surface area (Å²) in [5.41, 5.74) is 0.591. The number of aliphatic carboxylic acids is 1. The Labute approximate surface area is 122 Å². The number of anilines is 1. The molecule has 1 fully saturated rings. The molecule has 1 aliphatic carbocycles. The lowest BCUT2D eigenvalue weighted by atomic mass is 9.95. The van der Waals surface area contributed by atoms with Gasteiger partial charge >= 0.3 is 5.97 Å². The lowest BCUT2D eigenvalue weighted by molar-refractivity contribution is -0.145. The van der Waals surface area contributed by atoms with E-state index in [0.29, 0.717) is 30.0 Å². The Balaban J connectivity index is 1.72. The number of hydrogen-bond acceptors (Lipinski definition) is 4. The van der Waals surface area contributed by atoms with Gasteiger partial charge in [0.1, 0.15) is 0 Å². The summed E-state index contributed by atoms with van der Waals surface area (Å²) in [6.45, 7) is 2.15. The highest BCUT2D eigenvalue weighted by Gasteiger charge is 2.41. The first-order chi connectivity index (χ1) is 10.0. The van der Waals surface area contributed by atoms with Gasteiger partial charge in [-0.2, -0.15) is 0 Å². The van der Waals surface area contributed by atoms with Gasteiger partial charge in [0.15, 0.2) is 11.5 Å². The summed E-state index contributed by atoms with van der Waals surface area (Å²) in [6, 6.07) is 5.14. The average Bonchev–Trinajstić information content (AvgIpc) is 3.04. The van der Waals surface area contributed by atoms with Gasteiger partial charge in [-0.05, 0) is 30.9 Å². The van der Waals surface area contributed by atoms with Gasteiger partial charge in [-0.15, -0.1) is 0 Å². The molecule has 1 heterocycles. The molecule has 1 saturated carbocycles. The number of nitrogens with one attached hydrogen (secondary N) is 1. The third-order valence-electron chi connectivity index (χ3n) is 4.09. The zero-order valence-corrected chi connectivity index (χ0v) is 11.7. The van der Waals surface area contributed by atoms with Gasteiger partial charge in [0.25, 0.3) is 0 Å². The Hall–Kier alpha value is -2.24. The van der Waals surface area contributed by atoms with Crippen LogP contribution in [0.25, 0.3) is 0 Å². The summed E-state index contributed by atoms with van der Waals surface area (Å²) in [5.74, 6) is -0.750. The minimum absolute atomic E-state index is 0.175. The molecule has 1 aromatic carbocycles. The van der Waals surface area contributed by atoms with E-state index in [1.807, 2.05) is 6.92 Å². The van der Waals surface area contributed by atoms with Gasteiger partial charge in [-0.3, -0.25) is 9.59 Å². The first-order valence-corrected chi connectivity index (χ1v) is 6.98. The molecule has 1 amide bonds. The summed E-state index contributed by atoms with van der Waals surface area (Å²) < 4.78 is 10.5. The number of benzene rings is 1. The SMILES string of the molecule is CC1C[C@H](C(=O)Nc2ccc3c(c2)OCO3)[C@H](C(=O)O)C1. The number of amides is 1. The van der Waals surface area contributed by atoms with E-state index in [-0.39, 0.29) is 18.6 Å². The molecular weight excluding hydrogens is 274 g/mol. The van der Waals surface area contributed by atoms with E-state index >= 15 is 0 Å². The average molecular weight is 291 g/mol. The Morgan fingerprint density at radius 2 is 1.90 bits per heavy atom. The topological polar surface area (TPSA) is 84.9 Å². The zero-order valence-electron chi connectivity index (χ0n) is 11.7. The van der Waals surface area contributed by atoms with Crippen LogP contribution < -0.4 is 14.8 Å². The third kappa shape index (κ3) is 2.66. The molecule has 0 aromatic heterocycles. The smallest absolute Gasteiger partial charge is 0.307 e. The van der Waals surface area contributed by atoms with Crippen LogP contribution in [-0.4, -0.2) is 23.8 Å². The molecule has 0 spiro atoms. The number of carboxylic acids is 1. The van der Waals surface area contributed by atoms with E-state index in [2.05, 4.69) is 5.32 Å². The summed E-state index contributed by atoms with van der Waals surface area (Å²) in [5, 5.41) is 12.0. The Bertz CT molecular complexity index is 585. The lowest BCUT2D eigenvalue weighted by Gasteiger charge is -2.15. The number of carboxylic acid groups (broad SMARTS) is 1. The van der Waals surface area contributed by atoms with E-state index in [1.54, 1.807) is 18.2 Å². The van der Waals surface area contributed by atoms with Crippen LogP contribution >= 0.6 is 0 Å². The molecule has 1 aliphatic heterocycles. The van der Waals surface area contributed by atoms with Crippen LogP contribution in [0.2, 0.25) is 0 Å². The van der Waals surface area contributed by atoms with Gasteiger partial charge in [-0.1, -0.05) is 6.92 Å². The van der Waals surface area contributed by atoms with E-state index in [9.17, 15) is 14.7 Å². The Kier molecular flexibility index (Phi) is 3.45. The van der Waals surface area contributed by atoms with Crippen molar-refractivity contribution in [1.82, 2.24) is 0 Å². The van der Waals surface area contributed by atoms with E-state index in [4.69, 9.17) is 9.47 Å². The molecule has 0 bridgehead atoms. The Morgan fingerprint density at radius 1 is 1.19 bits per heavy atom. The second-order valence-corrected chi connectivity index (χ2v) is 5.69. The fourth-order valence-electron chi connectivity index (χ4n) is 3.06. The van der Waals surface area contributed by atoms with E-state index in [1.165, 1.54) is 0 Å². The predicted octanol–water partition coefficient (Wildman–Crippen LogP) is 2.10. The molecule has 0 radical (unpaired) electrons. The van der Waals surface area contributed by atoms with Crippen molar-refractivity contribution in [2.24, 2.45) is 17.8 Å². The highest BCUT2D eigenvalue weighted by Crippen LogP contribution is 2.38. The highest BCUT2D eigenvalue weighted by atomic mass is 16.7. The number of rotatable bonds is 3. The number of ether oxygens (including phenoxy) is 2. The molecule has 1 aromatic rings. The van der Waals surface area contributed by atoms with Crippen LogP contribution in [-0.2, 0) is 9.59 Å². The molecule has 6 heteroatoms. The van der Waals surface area contributed by atoms with Gasteiger partial charge < -0.3 is 19.9 Å². The normalized spacial score (nSPS) is 26.6. The van der Waals surface area contributed by atoms with Crippen LogP contribution in [0.1, 0.15) is 19.8 Å². The van der Waals surface area contributed by atoms with E-state index in [0.717, 1.165) is 0 Å². The van der Waals surface area contributed by atoms with Crippen molar-refractivity contribution in [3.05, 3.63) is 18.2 Å². The summed E-state index contributed by atoms with van der Waals surface area (Å²) in [7, 11) is 0. The maximum absolute atomic E-state index is 12.3. The Morgan fingerprint density at radius 3 is 2.67 bits per heavy atom. The summed E-state index contributed by atoms with van der Waals surface area (Å²) >= 11 is 0. The van der Waals surface area contributed by atoms with Gasteiger partial charge in [0, 0.05) is 11.8 Å². The van der Waals surface area contributed by atoms with Gasteiger partial charge in [0.2, 0.25) is 12.7 Å². The van der Waals surface area contributed by atoms with Gasteiger partial charge in [-0.25, -0.2) is 0 Å². The predicted molar refractivity (Wildman–Crippen MR) is 74.2 cm³/mol. The maximum atomic E-state index is 12.3. The van der Waals surface area contributed by atoms with Gasteiger partial charge in [0.05, 0.1) is 11.8 Å². The molecule has 3 rings (SSSR count). The van der Waals surface area contributed by atoms with Crippen LogP contribution in [0.15, 0.2) is 18.2 Å². The molecule has 3 atom stereocenters. The number of carbonyl (C=O) groups is 2. The fourth-order valence-corrected chi connectivity index (χ4v) is 3.06. The molecule has 21 heavy (non-hydrogen) atoms. The third-order valence-corrected chi connectivity index (χ3v) is 4.09. The van der Waals surface area contributed by atoms with Crippen LogP contribution in [0, 0.1) is 17.8 Å². The number of carbonyl (C=O) groups excluding carboxylic acids is 1. The molecule has 0 saturated heterocycles. The molecule has 1 unspecified atom stereocenters. The van der Waals surface area contributed by atoms with Crippen molar-refractivity contribution in [2.45, 2.75) is 19.8 Å². The molecule has 6 nitrogen and oxygen atoms in total. The largest absolute Gasteiger partial charge is 0.481 e. The van der Waals surface area contributed by atoms with Crippen molar-refractivity contribution in [1.29, 1.82) is 0 Å². The van der Waals surface area contributed by atoms with Crippen LogP contribution in [0.4, 0.5) is 5.69 Å². The minimum atomic E-state index is -0.898. The molecule has 2 N–H and O–H groups in total. The van der Waals surface area contributed by atoms with E-state index < -0.39 is 17.8 Å². The standard InChI is InChI=1S/C15H17NO5/c1-8-4-10(11(5-8)15(18)19)14(17)16-9-2-3-12-13(6-9)21-7-20-12/h2-3,6,8,10-11H,4-5,7H2,1H3,(H,16,17)(H,18,19)/t8?,10-,11+/m0/s1. The zero-order chi connectivity index (χ0) is 15.0. The van der Waals surface area contributed by atoms with Crippen molar-refractivity contribution < 1.29 is 24.2 Å². The second kappa shape index (κ2) is 5.27. The molecule has 112 valence electrons. The van der Waals surface area contributed by atoms with Crippen molar-refractivity contribution in [3.63, 3.8) is 0 Å². The second-order valence-electron chi connectivity index (χ2n) is 5.69. The summed E-state index contributed by atoms with van der Waals surface area (Å²) in [6.07, 6.45) is 1.15. The fraction of sp³-hybridized carbons (Fsp3) is 0.467. The van der Waals surface area contributed by atoms with Crippen molar-refractivity contribution >= 4 is 17.6 Å². The molecular formula is C15H17NO5. The first kappa shape index (κ1) is 13.7. The monoisotopic (exact) mass is 291 g/mol. The summed E-state index contributed by atoms with van der Waals surface area (Å²) in [4.78, 5) is 23.6. The van der Waals surface area contributed by atoms with Crippen molar-refractivity contribution in [3.8, 4) is 11.5 Å². The quantitative estimate of drug-likeness (QED) is 0.890. The lowest BCUT2D eigenvalue weighted by Crippen LogP contribution is -2.29. The maximum Gasteiger partial charge on any atom is 0.307 e. The van der Waals surface area contributed by atoms with Crippen LogP contribution in [0.5, 0.6) is 11.5 Å². The first-order valence-electron chi connectivity index (χ1n) is 6.98. The number of hydrogen-bond donors (Lipinski definition) is 2.